The lowest BCUT2D eigenvalue weighted by atomic mass is 9.82. The number of hydrogen-bond acceptors (Lipinski definition) is 0. The van der Waals surface area contributed by atoms with Gasteiger partial charge in [-0.05, 0) is 82.1 Å². The maximum absolute atomic E-state index is 6.17. The molecule has 4 aromatic carbocycles. The van der Waals surface area contributed by atoms with Gasteiger partial charge < -0.3 is 4.57 Å². The number of aromatic nitrogens is 1. The van der Waals surface area contributed by atoms with Crippen LogP contribution in [0.15, 0.2) is 115 Å². The molecule has 0 fully saturated rings. The summed E-state index contributed by atoms with van der Waals surface area (Å²) in [6, 6.07) is 41.2. The highest BCUT2D eigenvalue weighted by Crippen LogP contribution is 2.49. The van der Waals surface area contributed by atoms with E-state index in [0.29, 0.717) is 0 Å². The first-order valence-corrected chi connectivity index (χ1v) is 12.8. The Kier molecular flexibility index (Phi) is 5.47. The molecule has 2 heteroatoms. The fourth-order valence-corrected chi connectivity index (χ4v) is 5.70. The van der Waals surface area contributed by atoms with Crippen LogP contribution in [0.3, 0.4) is 0 Å². The van der Waals surface area contributed by atoms with E-state index in [1.807, 2.05) is 12.1 Å². The van der Waals surface area contributed by atoms with Gasteiger partial charge in [0.1, 0.15) is 0 Å². The molecule has 5 aromatic rings. The molecule has 1 aliphatic rings. The van der Waals surface area contributed by atoms with Gasteiger partial charge in [-0.25, -0.2) is 0 Å². The molecule has 0 bridgehead atoms. The zero-order valence-corrected chi connectivity index (χ0v) is 21.6. The Morgan fingerprint density at radius 3 is 2.14 bits per heavy atom. The van der Waals surface area contributed by atoms with E-state index >= 15 is 0 Å². The highest BCUT2D eigenvalue weighted by atomic mass is 35.5. The fourth-order valence-electron chi connectivity index (χ4n) is 5.57. The minimum absolute atomic E-state index is 0.00573. The summed E-state index contributed by atoms with van der Waals surface area (Å²) >= 11 is 6.17. The lowest BCUT2D eigenvalue weighted by Gasteiger charge is -2.22. The normalized spacial score (nSPS) is 13.2. The van der Waals surface area contributed by atoms with Crippen LogP contribution in [0.25, 0.3) is 38.8 Å². The molecule has 1 heterocycles. The zero-order valence-electron chi connectivity index (χ0n) is 20.8. The third kappa shape index (κ3) is 3.72. The molecule has 6 rings (SSSR count). The predicted molar refractivity (Wildman–Crippen MR) is 154 cm³/mol. The van der Waals surface area contributed by atoms with E-state index in [2.05, 4.69) is 128 Å². The monoisotopic (exact) mass is 485 g/mol. The minimum atomic E-state index is -0.00573. The van der Waals surface area contributed by atoms with Crippen molar-refractivity contribution >= 4 is 22.5 Å². The molecule has 1 aliphatic carbocycles. The van der Waals surface area contributed by atoms with Gasteiger partial charge in [0.15, 0.2) is 0 Å². The Morgan fingerprint density at radius 2 is 1.31 bits per heavy atom. The van der Waals surface area contributed by atoms with Gasteiger partial charge in [-0.3, -0.25) is 0 Å². The van der Waals surface area contributed by atoms with Gasteiger partial charge in [0.05, 0.1) is 5.52 Å². The Bertz CT molecular complexity index is 1670. The van der Waals surface area contributed by atoms with Crippen LogP contribution >= 0.6 is 11.6 Å². The van der Waals surface area contributed by atoms with Crippen molar-refractivity contribution in [1.82, 2.24) is 4.57 Å². The highest BCUT2D eigenvalue weighted by molar-refractivity contribution is 6.30. The molecule has 0 spiro atoms. The van der Waals surface area contributed by atoms with Crippen LogP contribution in [-0.2, 0) is 5.41 Å². The summed E-state index contributed by atoms with van der Waals surface area (Å²) in [6.07, 6.45) is 0. The number of nitrogens with zero attached hydrogens (tertiary/aromatic N) is 1. The molecule has 1 nitrogen and oxygen atoms in total. The average Bonchev–Trinajstić information content (AvgIpc) is 3.15. The molecular formula is C34H28ClN. The molecule has 0 saturated heterocycles. The Labute approximate surface area is 218 Å². The molecule has 1 aromatic heterocycles. The van der Waals surface area contributed by atoms with E-state index in [-0.39, 0.29) is 5.41 Å². The summed E-state index contributed by atoms with van der Waals surface area (Å²) in [4.78, 5) is 0. The van der Waals surface area contributed by atoms with Crippen LogP contribution < -0.4 is 0 Å². The molecule has 36 heavy (non-hydrogen) atoms. The van der Waals surface area contributed by atoms with Gasteiger partial charge in [0.25, 0.3) is 0 Å². The van der Waals surface area contributed by atoms with E-state index < -0.39 is 0 Å². The van der Waals surface area contributed by atoms with Crippen LogP contribution in [0.1, 0.15) is 30.7 Å². The van der Waals surface area contributed by atoms with Gasteiger partial charge >= 0.3 is 0 Å². The first-order chi connectivity index (χ1) is 17.4. The van der Waals surface area contributed by atoms with Crippen molar-refractivity contribution in [2.75, 3.05) is 0 Å². The van der Waals surface area contributed by atoms with E-state index in [0.717, 1.165) is 33.0 Å². The second kappa shape index (κ2) is 8.69. The lowest BCUT2D eigenvalue weighted by Crippen LogP contribution is -2.14. The van der Waals surface area contributed by atoms with Gasteiger partial charge in [0, 0.05) is 21.8 Å². The van der Waals surface area contributed by atoms with E-state index in [1.54, 1.807) is 0 Å². The number of halogens is 1. The molecule has 0 saturated carbocycles. The van der Waals surface area contributed by atoms with Crippen molar-refractivity contribution in [2.24, 2.45) is 0 Å². The van der Waals surface area contributed by atoms with Crippen molar-refractivity contribution in [3.8, 4) is 27.9 Å². The third-order valence-corrected chi connectivity index (χ3v) is 7.71. The van der Waals surface area contributed by atoms with Gasteiger partial charge in [-0.2, -0.15) is 0 Å². The molecular weight excluding hydrogens is 458 g/mol. The SMILES string of the molecule is Cc1cccccc2ccc(-c3ccc(Cl)cc3)cc2n1-c1ccc2c(c1)-c1ccccc1C2(C)C. The van der Waals surface area contributed by atoms with Gasteiger partial charge in [-0.15, -0.1) is 0 Å². The zero-order chi connectivity index (χ0) is 24.9. The van der Waals surface area contributed by atoms with Crippen LogP contribution in [0.5, 0.6) is 0 Å². The van der Waals surface area contributed by atoms with E-state index in [4.69, 9.17) is 11.6 Å². The maximum atomic E-state index is 6.17. The summed E-state index contributed by atoms with van der Waals surface area (Å²) in [5, 5.41) is 1.92. The fraction of sp³-hybridized carbons (Fsp3) is 0.118. The van der Waals surface area contributed by atoms with Crippen LogP contribution in [-0.4, -0.2) is 4.57 Å². The van der Waals surface area contributed by atoms with E-state index in [9.17, 15) is 0 Å². The van der Waals surface area contributed by atoms with Crippen molar-refractivity contribution in [2.45, 2.75) is 26.2 Å². The second-order valence-corrected chi connectivity index (χ2v) is 10.5. The summed E-state index contributed by atoms with van der Waals surface area (Å²) < 4.78 is 2.38. The van der Waals surface area contributed by atoms with Crippen molar-refractivity contribution in [3.05, 3.63) is 137 Å². The minimum Gasteiger partial charge on any atom is -0.314 e. The highest BCUT2D eigenvalue weighted by Gasteiger charge is 2.35. The first-order valence-electron chi connectivity index (χ1n) is 12.4. The summed E-state index contributed by atoms with van der Waals surface area (Å²) in [6.45, 7) is 6.83. The number of benzene rings is 4. The summed E-state index contributed by atoms with van der Waals surface area (Å²) in [7, 11) is 0. The molecule has 0 amide bonds. The van der Waals surface area contributed by atoms with Gasteiger partial charge in [0.2, 0.25) is 0 Å². The van der Waals surface area contributed by atoms with Crippen molar-refractivity contribution in [3.63, 3.8) is 0 Å². The molecule has 0 radical (unpaired) electrons. The number of rotatable bonds is 2. The molecule has 0 unspecified atom stereocenters. The smallest absolute Gasteiger partial charge is 0.0536 e. The van der Waals surface area contributed by atoms with E-state index in [1.165, 1.54) is 27.6 Å². The lowest BCUT2D eigenvalue weighted by molar-refractivity contribution is 0.660. The Balaban J connectivity index is 1.65. The quantitative estimate of drug-likeness (QED) is 0.234. The molecule has 0 N–H and O–H groups in total. The molecule has 176 valence electrons. The standard InChI is InChI=1S/C34H28ClN/c1-23-9-5-4-6-10-25-13-14-26(24-15-17-27(35)18-16-24)21-33(25)36(23)28-19-20-32-30(22-28)29-11-7-8-12-31(29)34(32,2)3/h4-22H,1-3H3. The third-order valence-electron chi connectivity index (χ3n) is 7.46. The largest absolute Gasteiger partial charge is 0.314 e. The molecule has 0 aliphatic heterocycles. The predicted octanol–water partition coefficient (Wildman–Crippen LogP) is 9.69. The average molecular weight is 486 g/mol. The summed E-state index contributed by atoms with van der Waals surface area (Å²) in [5.41, 5.74) is 11.2. The first kappa shape index (κ1) is 22.6. The summed E-state index contributed by atoms with van der Waals surface area (Å²) in [5.74, 6) is 0. The van der Waals surface area contributed by atoms with Crippen LogP contribution in [0.2, 0.25) is 5.02 Å². The van der Waals surface area contributed by atoms with Crippen molar-refractivity contribution < 1.29 is 0 Å². The topological polar surface area (TPSA) is 4.93 Å². The van der Waals surface area contributed by atoms with Crippen molar-refractivity contribution in [1.29, 1.82) is 0 Å². The second-order valence-electron chi connectivity index (χ2n) is 10.1. The maximum Gasteiger partial charge on any atom is 0.0536 e. The van der Waals surface area contributed by atoms with Gasteiger partial charge in [-0.1, -0.05) is 104 Å². The number of aryl methyl sites for hydroxylation is 1. The van der Waals surface area contributed by atoms with Crippen LogP contribution in [0.4, 0.5) is 0 Å². The van der Waals surface area contributed by atoms with Crippen LogP contribution in [0, 0.1) is 6.92 Å². The molecule has 0 atom stereocenters. The Hall–Kier alpha value is -3.81. The number of fused-ring (bicyclic) bond motifs is 4. The Morgan fingerprint density at radius 1 is 0.611 bits per heavy atom. The number of hydrogen-bond donors (Lipinski definition) is 0.